The Morgan fingerprint density at radius 2 is 1.65 bits per heavy atom. The Labute approximate surface area is 202 Å². The molecular formula is C25H34N4O4S. The van der Waals surface area contributed by atoms with Crippen LogP contribution in [0.15, 0.2) is 53.4 Å². The van der Waals surface area contributed by atoms with Crippen LogP contribution in [0.1, 0.15) is 24.8 Å². The van der Waals surface area contributed by atoms with Crippen molar-refractivity contribution in [1.82, 2.24) is 9.21 Å². The first-order valence-electron chi connectivity index (χ1n) is 11.9. The van der Waals surface area contributed by atoms with Gasteiger partial charge in [0.2, 0.25) is 15.9 Å². The van der Waals surface area contributed by atoms with E-state index in [4.69, 9.17) is 4.74 Å². The number of ether oxygens (including phenoxy) is 1. The van der Waals surface area contributed by atoms with Crippen LogP contribution in [0, 0.1) is 0 Å². The third-order valence-electron chi connectivity index (χ3n) is 6.29. The molecule has 34 heavy (non-hydrogen) atoms. The first-order valence-corrected chi connectivity index (χ1v) is 13.4. The van der Waals surface area contributed by atoms with Gasteiger partial charge in [0.05, 0.1) is 24.7 Å². The molecular weight excluding hydrogens is 452 g/mol. The number of nitrogens with zero attached hydrogens (tertiary/aromatic N) is 3. The monoisotopic (exact) mass is 486 g/mol. The lowest BCUT2D eigenvalue weighted by molar-refractivity contribution is -0.117. The lowest BCUT2D eigenvalue weighted by Crippen LogP contribution is -2.40. The highest BCUT2D eigenvalue weighted by molar-refractivity contribution is 7.89. The van der Waals surface area contributed by atoms with Crippen LogP contribution in [-0.4, -0.2) is 76.5 Å². The quantitative estimate of drug-likeness (QED) is 0.618. The van der Waals surface area contributed by atoms with Crippen molar-refractivity contribution < 1.29 is 17.9 Å². The molecule has 0 unspecified atom stereocenters. The lowest BCUT2D eigenvalue weighted by atomic mass is 10.1. The van der Waals surface area contributed by atoms with E-state index in [1.54, 1.807) is 24.3 Å². The van der Waals surface area contributed by atoms with Crippen LogP contribution >= 0.6 is 0 Å². The van der Waals surface area contributed by atoms with Crippen molar-refractivity contribution in [3.63, 3.8) is 0 Å². The van der Waals surface area contributed by atoms with Crippen molar-refractivity contribution in [2.24, 2.45) is 0 Å². The number of benzene rings is 2. The van der Waals surface area contributed by atoms with Crippen molar-refractivity contribution in [2.75, 3.05) is 63.2 Å². The Kier molecular flexibility index (Phi) is 8.20. The molecule has 4 rings (SSSR count). The van der Waals surface area contributed by atoms with Gasteiger partial charge in [-0.25, -0.2) is 8.42 Å². The van der Waals surface area contributed by atoms with E-state index < -0.39 is 10.0 Å². The molecule has 2 aliphatic heterocycles. The molecule has 0 radical (unpaired) electrons. The average molecular weight is 487 g/mol. The predicted octanol–water partition coefficient (Wildman–Crippen LogP) is 2.77. The fourth-order valence-corrected chi connectivity index (χ4v) is 5.93. The van der Waals surface area contributed by atoms with Crippen LogP contribution in [0.25, 0.3) is 0 Å². The van der Waals surface area contributed by atoms with Crippen LogP contribution in [0.3, 0.4) is 0 Å². The molecule has 0 atom stereocenters. The molecule has 0 aromatic heterocycles. The molecule has 0 saturated carbocycles. The summed E-state index contributed by atoms with van der Waals surface area (Å²) < 4.78 is 32.2. The number of morpholine rings is 1. The number of hydrogen-bond acceptors (Lipinski definition) is 6. The maximum atomic E-state index is 12.8. The van der Waals surface area contributed by atoms with Gasteiger partial charge in [0.15, 0.2) is 0 Å². The number of carbonyl (C=O) groups is 1. The number of para-hydroxylation sites is 1. The van der Waals surface area contributed by atoms with Crippen LogP contribution < -0.4 is 10.2 Å². The predicted molar refractivity (Wildman–Crippen MR) is 133 cm³/mol. The SMILES string of the molecule is CN(CC(=O)Nc1ccc(S(=O)(=O)N2CCOCC2)cc1)Cc1ccccc1N1CCCCC1. The summed E-state index contributed by atoms with van der Waals surface area (Å²) in [5.41, 5.74) is 3.05. The average Bonchev–Trinajstić information content (AvgIpc) is 2.85. The zero-order valence-corrected chi connectivity index (χ0v) is 20.6. The molecule has 1 amide bonds. The van der Waals surface area contributed by atoms with E-state index in [2.05, 4.69) is 28.4 Å². The highest BCUT2D eigenvalue weighted by Gasteiger charge is 2.26. The molecule has 9 heteroatoms. The number of likely N-dealkylation sites (N-methyl/N-ethyl adjacent to an activating group) is 1. The second-order valence-electron chi connectivity index (χ2n) is 8.94. The van der Waals surface area contributed by atoms with Gasteiger partial charge >= 0.3 is 0 Å². The van der Waals surface area contributed by atoms with Gasteiger partial charge in [-0.05, 0) is 62.2 Å². The minimum Gasteiger partial charge on any atom is -0.379 e. The second kappa shape index (κ2) is 11.3. The van der Waals surface area contributed by atoms with E-state index >= 15 is 0 Å². The van der Waals surface area contributed by atoms with Crippen molar-refractivity contribution in [3.05, 3.63) is 54.1 Å². The Hall–Kier alpha value is -2.46. The van der Waals surface area contributed by atoms with Gasteiger partial charge < -0.3 is 15.0 Å². The summed E-state index contributed by atoms with van der Waals surface area (Å²) in [6, 6.07) is 14.8. The summed E-state index contributed by atoms with van der Waals surface area (Å²) in [5.74, 6) is -0.137. The van der Waals surface area contributed by atoms with Crippen molar-refractivity contribution >= 4 is 27.3 Å². The number of nitrogens with one attached hydrogen (secondary N) is 1. The Morgan fingerprint density at radius 1 is 0.971 bits per heavy atom. The minimum absolute atomic E-state index is 0.137. The molecule has 0 aliphatic carbocycles. The van der Waals surface area contributed by atoms with Crippen molar-refractivity contribution in [1.29, 1.82) is 0 Å². The van der Waals surface area contributed by atoms with Gasteiger partial charge in [0.25, 0.3) is 0 Å². The fraction of sp³-hybridized carbons (Fsp3) is 0.480. The molecule has 0 bridgehead atoms. The van der Waals surface area contributed by atoms with Gasteiger partial charge in [0, 0.05) is 44.1 Å². The molecule has 2 saturated heterocycles. The minimum atomic E-state index is -3.55. The van der Waals surface area contributed by atoms with Crippen LogP contribution in [-0.2, 0) is 26.1 Å². The summed E-state index contributed by atoms with van der Waals surface area (Å²) in [6.45, 7) is 4.60. The molecule has 2 aromatic rings. The molecule has 2 fully saturated rings. The van der Waals surface area contributed by atoms with Gasteiger partial charge in [-0.15, -0.1) is 0 Å². The number of anilines is 2. The van der Waals surface area contributed by atoms with Crippen LogP contribution in [0.5, 0.6) is 0 Å². The summed E-state index contributed by atoms with van der Waals surface area (Å²) >= 11 is 0. The summed E-state index contributed by atoms with van der Waals surface area (Å²) in [6.07, 6.45) is 3.73. The molecule has 0 spiro atoms. The number of amides is 1. The highest BCUT2D eigenvalue weighted by Crippen LogP contribution is 2.25. The van der Waals surface area contributed by atoms with Crippen LogP contribution in [0.4, 0.5) is 11.4 Å². The molecule has 2 aromatic carbocycles. The van der Waals surface area contributed by atoms with E-state index in [0.29, 0.717) is 38.5 Å². The second-order valence-corrected chi connectivity index (χ2v) is 10.9. The number of sulfonamides is 1. The highest BCUT2D eigenvalue weighted by atomic mass is 32.2. The molecule has 1 N–H and O–H groups in total. The first-order chi connectivity index (χ1) is 16.4. The largest absolute Gasteiger partial charge is 0.379 e. The lowest BCUT2D eigenvalue weighted by Gasteiger charge is -2.31. The standard InChI is InChI=1S/C25H34N4O4S/c1-27(19-21-7-3-4-8-24(21)28-13-5-2-6-14-28)20-25(30)26-22-9-11-23(12-10-22)34(31,32)29-15-17-33-18-16-29/h3-4,7-12H,2,5-6,13-20H2,1H3,(H,26,30). The van der Waals surface area contributed by atoms with Crippen LogP contribution in [0.2, 0.25) is 0 Å². The third kappa shape index (κ3) is 6.15. The van der Waals surface area contributed by atoms with E-state index in [0.717, 1.165) is 13.1 Å². The first kappa shape index (κ1) is 24.7. The summed E-state index contributed by atoms with van der Waals surface area (Å²) in [5, 5.41) is 2.88. The van der Waals surface area contributed by atoms with Gasteiger partial charge in [-0.1, -0.05) is 18.2 Å². The molecule has 2 heterocycles. The topological polar surface area (TPSA) is 82.2 Å². The van der Waals surface area contributed by atoms with Gasteiger partial charge in [0.1, 0.15) is 0 Å². The molecule has 184 valence electrons. The summed E-state index contributed by atoms with van der Waals surface area (Å²) in [7, 11) is -1.61. The Balaban J connectivity index is 1.32. The number of hydrogen-bond donors (Lipinski definition) is 1. The van der Waals surface area contributed by atoms with Crippen molar-refractivity contribution in [3.8, 4) is 0 Å². The maximum Gasteiger partial charge on any atom is 0.243 e. The Bertz CT molecular complexity index is 1060. The normalized spacial score (nSPS) is 17.6. The number of piperidine rings is 1. The maximum absolute atomic E-state index is 12.8. The van der Waals surface area contributed by atoms with E-state index in [-0.39, 0.29) is 17.3 Å². The smallest absolute Gasteiger partial charge is 0.243 e. The van der Waals surface area contributed by atoms with Crippen molar-refractivity contribution in [2.45, 2.75) is 30.7 Å². The zero-order valence-electron chi connectivity index (χ0n) is 19.8. The van der Waals surface area contributed by atoms with E-state index in [1.807, 2.05) is 18.0 Å². The molecule has 2 aliphatic rings. The zero-order chi connectivity index (χ0) is 24.0. The fourth-order valence-electron chi connectivity index (χ4n) is 4.53. The molecule has 8 nitrogen and oxygen atoms in total. The van der Waals surface area contributed by atoms with Gasteiger partial charge in [-0.2, -0.15) is 4.31 Å². The third-order valence-corrected chi connectivity index (χ3v) is 8.20. The van der Waals surface area contributed by atoms with E-state index in [1.165, 1.54) is 34.8 Å². The van der Waals surface area contributed by atoms with Gasteiger partial charge in [-0.3, -0.25) is 9.69 Å². The summed E-state index contributed by atoms with van der Waals surface area (Å²) in [4.78, 5) is 17.3. The van der Waals surface area contributed by atoms with E-state index in [9.17, 15) is 13.2 Å². The number of rotatable bonds is 8. The number of carbonyl (C=O) groups excluding carboxylic acids is 1. The Morgan fingerprint density at radius 3 is 2.35 bits per heavy atom.